The van der Waals surface area contributed by atoms with Crippen molar-refractivity contribution in [2.45, 2.75) is 0 Å². The third-order valence-corrected chi connectivity index (χ3v) is 1.75. The van der Waals surface area contributed by atoms with Crippen LogP contribution in [-0.2, 0) is 0 Å². The van der Waals surface area contributed by atoms with Crippen molar-refractivity contribution in [1.29, 1.82) is 0 Å². The van der Waals surface area contributed by atoms with Crippen LogP contribution in [0.2, 0.25) is 5.15 Å². The van der Waals surface area contributed by atoms with E-state index >= 15 is 0 Å². The van der Waals surface area contributed by atoms with Gasteiger partial charge >= 0.3 is 24.9 Å². The Balaban J connectivity index is 0.00000256. The van der Waals surface area contributed by atoms with Crippen LogP contribution in [0.25, 0.3) is 0 Å². The van der Waals surface area contributed by atoms with Crippen molar-refractivity contribution in [1.82, 2.24) is 15.4 Å². The maximum absolute atomic E-state index is 11.0. The Morgan fingerprint density at radius 1 is 1.53 bits per heavy atom. The molecule has 0 aliphatic heterocycles. The normalized spacial score (nSPS) is 9.12. The summed E-state index contributed by atoms with van der Waals surface area (Å²) in [5.74, 6) is 8.30. The molecule has 2 amide bonds. The number of rotatable bonds is 2. The zero-order chi connectivity index (χ0) is 12.3. The third kappa shape index (κ3) is 3.55. The molecule has 86 valence electrons. The molecule has 0 saturated carbocycles. The molecule has 0 aliphatic carbocycles. The Morgan fingerprint density at radius 3 is 2.53 bits per heavy atom. The minimum absolute atomic E-state index is 0. The molecule has 1 heterocycles. The number of hydrazine groups is 2. The standard InChI is InChI=1S/C6H7ClN6O3.Li/c7-3-4(13(9)6(16)12-8)10-1-2(11-3)5(14)15;/h1H,8-9H2,(H,12,16)(H,14,15);/q;+1/p-1. The summed E-state index contributed by atoms with van der Waals surface area (Å²) in [6, 6.07) is -0.891. The predicted octanol–water partition coefficient (Wildman–Crippen LogP) is -5.24. The molecule has 17 heavy (non-hydrogen) atoms. The summed E-state index contributed by atoms with van der Waals surface area (Å²) in [6.07, 6.45) is 0.847. The van der Waals surface area contributed by atoms with E-state index in [-0.39, 0.29) is 29.8 Å². The van der Waals surface area contributed by atoms with Crippen molar-refractivity contribution in [3.05, 3.63) is 17.0 Å². The van der Waals surface area contributed by atoms with Crippen molar-refractivity contribution < 1.29 is 33.6 Å². The number of nitrogens with zero attached hydrogens (tertiary/aromatic N) is 3. The number of nitrogens with two attached hydrogens (primary N) is 2. The topological polar surface area (TPSA) is 150 Å². The molecule has 0 fully saturated rings. The van der Waals surface area contributed by atoms with Crippen LogP contribution in [0.4, 0.5) is 10.6 Å². The summed E-state index contributed by atoms with van der Waals surface area (Å²) >= 11 is 5.56. The Morgan fingerprint density at radius 2 is 2.12 bits per heavy atom. The SMILES string of the molecule is NNC(=O)N(N)c1ncc(C(=O)[O-])nc1Cl.[Li+]. The van der Waals surface area contributed by atoms with Gasteiger partial charge in [0, 0.05) is 0 Å². The smallest absolute Gasteiger partial charge is 0.543 e. The number of aromatic carboxylic acids is 1. The number of aromatic nitrogens is 2. The zero-order valence-corrected chi connectivity index (χ0v) is 9.43. The summed E-state index contributed by atoms with van der Waals surface area (Å²) in [5, 5.41) is 10.5. The number of carbonyl (C=O) groups excluding carboxylic acids is 2. The molecule has 0 radical (unpaired) electrons. The van der Waals surface area contributed by atoms with E-state index in [1.165, 1.54) is 0 Å². The van der Waals surface area contributed by atoms with Gasteiger partial charge in [-0.15, -0.1) is 0 Å². The number of nitrogens with one attached hydrogen (secondary N) is 1. The minimum Gasteiger partial charge on any atom is -0.543 e. The molecule has 5 N–H and O–H groups in total. The average Bonchev–Trinajstić information content (AvgIpc) is 2.26. The van der Waals surface area contributed by atoms with Crippen LogP contribution in [0.5, 0.6) is 0 Å². The quantitative estimate of drug-likeness (QED) is 0.206. The van der Waals surface area contributed by atoms with Crippen molar-refractivity contribution in [2.75, 3.05) is 5.01 Å². The zero-order valence-electron chi connectivity index (χ0n) is 8.68. The Bertz CT molecular complexity index is 444. The largest absolute Gasteiger partial charge is 1.00 e. The molecule has 1 aromatic heterocycles. The molecule has 11 heteroatoms. The fourth-order valence-electron chi connectivity index (χ4n) is 0.786. The Kier molecular flexibility index (Phi) is 5.87. The maximum Gasteiger partial charge on any atom is 1.00 e. The molecule has 0 saturated heterocycles. The van der Waals surface area contributed by atoms with Crippen LogP contribution in [0.15, 0.2) is 6.20 Å². The summed E-state index contributed by atoms with van der Waals surface area (Å²) in [6.45, 7) is 0. The molecule has 1 rings (SSSR count). The van der Waals surface area contributed by atoms with Gasteiger partial charge in [-0.05, 0) is 0 Å². The van der Waals surface area contributed by atoms with Crippen LogP contribution in [-0.4, -0.2) is 22.0 Å². The van der Waals surface area contributed by atoms with Gasteiger partial charge in [0.2, 0.25) is 0 Å². The molecule has 0 spiro atoms. The molecule has 0 aromatic carbocycles. The van der Waals surface area contributed by atoms with Crippen LogP contribution in [0.1, 0.15) is 10.5 Å². The van der Waals surface area contributed by atoms with Gasteiger partial charge in [0.1, 0.15) is 5.69 Å². The van der Waals surface area contributed by atoms with Gasteiger partial charge in [-0.2, -0.15) is 0 Å². The monoisotopic (exact) mass is 252 g/mol. The van der Waals surface area contributed by atoms with Gasteiger partial charge < -0.3 is 9.90 Å². The second-order valence-corrected chi connectivity index (χ2v) is 2.83. The molecule has 0 aliphatic rings. The first-order valence-corrected chi connectivity index (χ1v) is 4.14. The third-order valence-electron chi connectivity index (χ3n) is 1.49. The van der Waals surface area contributed by atoms with Gasteiger partial charge in [0.15, 0.2) is 11.0 Å². The number of halogens is 1. The first-order valence-electron chi connectivity index (χ1n) is 3.76. The molecule has 9 nitrogen and oxygen atoms in total. The van der Waals surface area contributed by atoms with Crippen LogP contribution in [0.3, 0.4) is 0 Å². The van der Waals surface area contributed by atoms with E-state index in [1.807, 2.05) is 0 Å². The van der Waals surface area contributed by atoms with E-state index in [1.54, 1.807) is 5.43 Å². The van der Waals surface area contributed by atoms with E-state index in [4.69, 9.17) is 23.3 Å². The summed E-state index contributed by atoms with van der Waals surface area (Å²) in [7, 11) is 0. The maximum atomic E-state index is 11.0. The van der Waals surface area contributed by atoms with Crippen LogP contribution >= 0.6 is 11.6 Å². The molecule has 0 atom stereocenters. The minimum atomic E-state index is -1.55. The second kappa shape index (κ2) is 6.38. The van der Waals surface area contributed by atoms with Crippen LogP contribution < -0.4 is 46.1 Å². The number of carboxylic acids is 1. The molecule has 0 bridgehead atoms. The summed E-state index contributed by atoms with van der Waals surface area (Å²) in [4.78, 5) is 28.3. The van der Waals surface area contributed by atoms with Gasteiger partial charge in [-0.3, -0.25) is 5.43 Å². The van der Waals surface area contributed by atoms with E-state index in [0.29, 0.717) is 5.01 Å². The number of anilines is 1. The van der Waals surface area contributed by atoms with Crippen molar-refractivity contribution in [3.8, 4) is 0 Å². The number of hydrogen-bond acceptors (Lipinski definition) is 7. The number of carbonyl (C=O) groups is 2. The first kappa shape index (κ1) is 15.6. The number of urea groups is 1. The van der Waals surface area contributed by atoms with E-state index < -0.39 is 17.7 Å². The predicted molar refractivity (Wildman–Crippen MR) is 50.8 cm³/mol. The van der Waals surface area contributed by atoms with Gasteiger partial charge in [0.25, 0.3) is 0 Å². The summed E-state index contributed by atoms with van der Waals surface area (Å²) < 4.78 is 0. The summed E-state index contributed by atoms with van der Waals surface area (Å²) in [5.41, 5.74) is 1.26. The van der Waals surface area contributed by atoms with Gasteiger partial charge in [-0.1, -0.05) is 11.6 Å². The van der Waals surface area contributed by atoms with E-state index in [0.717, 1.165) is 6.20 Å². The number of amides is 2. The molecular weight excluding hydrogens is 246 g/mol. The van der Waals surface area contributed by atoms with Crippen molar-refractivity contribution >= 4 is 29.4 Å². The van der Waals surface area contributed by atoms with Crippen molar-refractivity contribution in [3.63, 3.8) is 0 Å². The molecule has 1 aromatic rings. The van der Waals surface area contributed by atoms with Crippen LogP contribution in [0, 0.1) is 0 Å². The molecule has 0 unspecified atom stereocenters. The molecular formula is C6H6ClLiN6O3. The van der Waals surface area contributed by atoms with Crippen molar-refractivity contribution in [2.24, 2.45) is 11.7 Å². The van der Waals surface area contributed by atoms with E-state index in [2.05, 4.69) is 9.97 Å². The fraction of sp³-hybridized carbons (Fsp3) is 0. The average molecular weight is 253 g/mol. The Hall–Kier alpha value is -1.37. The van der Waals surface area contributed by atoms with Gasteiger partial charge in [0.05, 0.1) is 12.2 Å². The first-order chi connectivity index (χ1) is 7.47. The van der Waals surface area contributed by atoms with E-state index in [9.17, 15) is 14.7 Å². The van der Waals surface area contributed by atoms with Gasteiger partial charge in [-0.25, -0.2) is 31.5 Å². The number of hydrogen-bond donors (Lipinski definition) is 3. The second-order valence-electron chi connectivity index (χ2n) is 2.48. The fourth-order valence-corrected chi connectivity index (χ4v) is 1.02. The Labute approximate surface area is 112 Å². The number of carboxylic acid groups (broad SMARTS) is 1.